The van der Waals surface area contributed by atoms with E-state index in [1.807, 2.05) is 30.3 Å². The van der Waals surface area contributed by atoms with Crippen molar-refractivity contribution in [2.24, 2.45) is 0 Å². The normalized spacial score (nSPS) is 10.3. The van der Waals surface area contributed by atoms with Crippen LogP contribution in [0, 0.1) is 17.0 Å². The molecule has 0 radical (unpaired) electrons. The molecule has 0 amide bonds. The summed E-state index contributed by atoms with van der Waals surface area (Å²) in [5, 5.41) is 14.3. The average molecular weight is 290 g/mol. The van der Waals surface area contributed by atoms with Crippen LogP contribution in [0.2, 0.25) is 0 Å². The van der Waals surface area contributed by atoms with Crippen LogP contribution in [0.25, 0.3) is 0 Å². The molecule has 0 bridgehead atoms. The van der Waals surface area contributed by atoms with Gasteiger partial charge in [0.15, 0.2) is 5.03 Å². The molecule has 1 N–H and O–H groups in total. The Balaban J connectivity index is 2.29. The van der Waals surface area contributed by atoms with Gasteiger partial charge in [0.25, 0.3) is 0 Å². The fourth-order valence-corrected chi connectivity index (χ4v) is 2.70. The van der Waals surface area contributed by atoms with Crippen molar-refractivity contribution in [2.45, 2.75) is 17.7 Å². The van der Waals surface area contributed by atoms with Crippen molar-refractivity contribution < 1.29 is 4.92 Å². The summed E-state index contributed by atoms with van der Waals surface area (Å²) in [5.41, 5.74) is 1.43. The van der Waals surface area contributed by atoms with Crippen LogP contribution in [0.5, 0.6) is 0 Å². The second kappa shape index (κ2) is 6.33. The van der Waals surface area contributed by atoms with Crippen LogP contribution in [-0.2, 0) is 5.75 Å². The number of aromatic nitrogens is 2. The smallest absolute Gasteiger partial charge is 0.322 e. The lowest BCUT2D eigenvalue weighted by molar-refractivity contribution is -0.389. The van der Waals surface area contributed by atoms with Crippen molar-refractivity contribution in [3.05, 3.63) is 51.7 Å². The van der Waals surface area contributed by atoms with Gasteiger partial charge in [-0.25, -0.2) is 4.98 Å². The number of hydrogen-bond acceptors (Lipinski definition) is 6. The van der Waals surface area contributed by atoms with Gasteiger partial charge >= 0.3 is 5.69 Å². The van der Waals surface area contributed by atoms with Gasteiger partial charge in [-0.05, 0) is 12.5 Å². The maximum atomic E-state index is 11.1. The van der Waals surface area contributed by atoms with E-state index in [0.29, 0.717) is 22.4 Å². The Morgan fingerprint density at radius 2 is 2.00 bits per heavy atom. The molecular formula is C13H14N4O2S. The molecule has 2 rings (SSSR count). The molecule has 0 saturated heterocycles. The van der Waals surface area contributed by atoms with E-state index in [1.54, 1.807) is 14.0 Å². The molecule has 1 aromatic carbocycles. The lowest BCUT2D eigenvalue weighted by Crippen LogP contribution is -2.04. The molecule has 20 heavy (non-hydrogen) atoms. The highest BCUT2D eigenvalue weighted by atomic mass is 32.2. The first-order valence-corrected chi connectivity index (χ1v) is 6.98. The Morgan fingerprint density at radius 3 is 2.60 bits per heavy atom. The van der Waals surface area contributed by atoms with E-state index in [2.05, 4.69) is 15.3 Å². The third kappa shape index (κ3) is 3.24. The van der Waals surface area contributed by atoms with Crippen LogP contribution in [0.4, 0.5) is 11.6 Å². The number of anilines is 1. The van der Waals surface area contributed by atoms with Crippen molar-refractivity contribution in [1.82, 2.24) is 9.97 Å². The summed E-state index contributed by atoms with van der Waals surface area (Å²) in [4.78, 5) is 19.0. The monoisotopic (exact) mass is 290 g/mol. The van der Waals surface area contributed by atoms with Crippen LogP contribution in [0.15, 0.2) is 35.4 Å². The number of nitrogens with one attached hydrogen (secondary N) is 1. The first-order valence-electron chi connectivity index (χ1n) is 5.99. The van der Waals surface area contributed by atoms with Crippen LogP contribution in [0.3, 0.4) is 0 Å². The van der Waals surface area contributed by atoms with Crippen molar-refractivity contribution in [2.75, 3.05) is 12.4 Å². The first kappa shape index (κ1) is 14.3. The lowest BCUT2D eigenvalue weighted by atomic mass is 10.2. The van der Waals surface area contributed by atoms with E-state index in [4.69, 9.17) is 0 Å². The molecule has 0 spiro atoms. The molecule has 0 aliphatic heterocycles. The first-order chi connectivity index (χ1) is 9.61. The van der Waals surface area contributed by atoms with Gasteiger partial charge in [0.2, 0.25) is 5.95 Å². The highest BCUT2D eigenvalue weighted by Gasteiger charge is 2.22. The largest absolute Gasteiger partial charge is 0.357 e. The summed E-state index contributed by atoms with van der Waals surface area (Å²) >= 11 is 1.34. The van der Waals surface area contributed by atoms with E-state index < -0.39 is 4.92 Å². The molecule has 2 aromatic rings. The SMILES string of the molecule is CNc1nc(C)c([N+](=O)[O-])c(SCc2ccccc2)n1. The third-order valence-electron chi connectivity index (χ3n) is 2.65. The fourth-order valence-electron chi connectivity index (χ4n) is 1.69. The van der Waals surface area contributed by atoms with Gasteiger partial charge in [-0.15, -0.1) is 0 Å². The second-order valence-corrected chi connectivity index (χ2v) is 5.03. The quantitative estimate of drug-likeness (QED) is 0.394. The number of rotatable bonds is 5. The summed E-state index contributed by atoms with van der Waals surface area (Å²) < 4.78 is 0. The third-order valence-corrected chi connectivity index (χ3v) is 3.69. The molecule has 1 heterocycles. The molecular weight excluding hydrogens is 276 g/mol. The molecule has 0 aliphatic rings. The van der Waals surface area contributed by atoms with E-state index in [9.17, 15) is 10.1 Å². The van der Waals surface area contributed by atoms with Gasteiger partial charge in [-0.1, -0.05) is 42.1 Å². The predicted octanol–water partition coefficient (Wildman–Crippen LogP) is 3.03. The summed E-state index contributed by atoms with van der Waals surface area (Å²) in [5.74, 6) is 1.02. The van der Waals surface area contributed by atoms with E-state index >= 15 is 0 Å². The minimum atomic E-state index is -0.428. The van der Waals surface area contributed by atoms with Crippen LogP contribution in [0.1, 0.15) is 11.3 Å². The van der Waals surface area contributed by atoms with Gasteiger partial charge < -0.3 is 5.32 Å². The number of thioether (sulfide) groups is 1. The van der Waals surface area contributed by atoms with Crippen molar-refractivity contribution in [1.29, 1.82) is 0 Å². The minimum absolute atomic E-state index is 0.0232. The molecule has 0 saturated carbocycles. The zero-order valence-electron chi connectivity index (χ0n) is 11.2. The Bertz CT molecular complexity index is 619. The molecule has 6 nitrogen and oxygen atoms in total. The predicted molar refractivity (Wildman–Crippen MR) is 79.0 cm³/mol. The van der Waals surface area contributed by atoms with Crippen molar-refractivity contribution in [3.8, 4) is 0 Å². The zero-order chi connectivity index (χ0) is 14.5. The number of nitrogens with zero attached hydrogens (tertiary/aromatic N) is 3. The Labute approximate surface area is 120 Å². The van der Waals surface area contributed by atoms with E-state index in [-0.39, 0.29) is 5.69 Å². The van der Waals surface area contributed by atoms with Gasteiger partial charge in [-0.2, -0.15) is 4.98 Å². The molecule has 0 atom stereocenters. The van der Waals surface area contributed by atoms with E-state index in [0.717, 1.165) is 5.56 Å². The Morgan fingerprint density at radius 1 is 1.30 bits per heavy atom. The van der Waals surface area contributed by atoms with E-state index in [1.165, 1.54) is 11.8 Å². The van der Waals surface area contributed by atoms with Gasteiger partial charge in [0, 0.05) is 12.8 Å². The summed E-state index contributed by atoms with van der Waals surface area (Å²) in [7, 11) is 1.69. The van der Waals surface area contributed by atoms with Gasteiger partial charge in [-0.3, -0.25) is 10.1 Å². The average Bonchev–Trinajstić information content (AvgIpc) is 2.45. The second-order valence-electron chi connectivity index (χ2n) is 4.07. The summed E-state index contributed by atoms with van der Waals surface area (Å²) in [6.07, 6.45) is 0. The molecule has 0 unspecified atom stereocenters. The molecule has 7 heteroatoms. The fraction of sp³-hybridized carbons (Fsp3) is 0.231. The van der Waals surface area contributed by atoms with Crippen LogP contribution < -0.4 is 5.32 Å². The highest BCUT2D eigenvalue weighted by Crippen LogP contribution is 2.32. The Hall–Kier alpha value is -2.15. The van der Waals surface area contributed by atoms with Gasteiger partial charge in [0.05, 0.1) is 4.92 Å². The van der Waals surface area contributed by atoms with Gasteiger partial charge in [0.1, 0.15) is 5.69 Å². The minimum Gasteiger partial charge on any atom is -0.357 e. The summed E-state index contributed by atoms with van der Waals surface area (Å²) in [6.45, 7) is 1.62. The highest BCUT2D eigenvalue weighted by molar-refractivity contribution is 7.98. The standard InChI is InChI=1S/C13H14N4O2S/c1-9-11(17(18)19)12(16-13(14-2)15-9)20-8-10-6-4-3-5-7-10/h3-7H,8H2,1-2H3,(H,14,15,16). The van der Waals surface area contributed by atoms with Crippen molar-refractivity contribution in [3.63, 3.8) is 0 Å². The maximum absolute atomic E-state index is 11.1. The number of hydrogen-bond donors (Lipinski definition) is 1. The molecule has 0 aliphatic carbocycles. The zero-order valence-corrected chi connectivity index (χ0v) is 12.0. The van der Waals surface area contributed by atoms with Crippen LogP contribution >= 0.6 is 11.8 Å². The molecule has 104 valence electrons. The molecule has 1 aromatic heterocycles. The maximum Gasteiger partial charge on any atom is 0.322 e. The summed E-state index contributed by atoms with van der Waals surface area (Å²) in [6, 6.07) is 9.77. The topological polar surface area (TPSA) is 81.0 Å². The number of benzene rings is 1. The Kier molecular flexibility index (Phi) is 4.52. The lowest BCUT2D eigenvalue weighted by Gasteiger charge is -2.07. The van der Waals surface area contributed by atoms with Crippen LogP contribution in [-0.4, -0.2) is 21.9 Å². The number of aryl methyl sites for hydroxylation is 1. The number of nitro groups is 1. The molecule has 0 fully saturated rings. The van der Waals surface area contributed by atoms with Crippen molar-refractivity contribution >= 4 is 23.4 Å².